The van der Waals surface area contributed by atoms with Crippen LogP contribution in [0.2, 0.25) is 0 Å². The number of carbonyl (C=O) groups excluding carboxylic acids is 1. The van der Waals surface area contributed by atoms with E-state index in [4.69, 9.17) is 0 Å². The molecule has 1 heterocycles. The molecule has 0 saturated heterocycles. The smallest absolute Gasteiger partial charge is 0.324 e. The number of nitrogens with zero attached hydrogens (tertiary/aromatic N) is 1. The van der Waals surface area contributed by atoms with Crippen molar-refractivity contribution in [2.75, 3.05) is 6.54 Å². The lowest BCUT2D eigenvalue weighted by atomic mass is 10.3. The van der Waals surface area contributed by atoms with Gasteiger partial charge in [0.05, 0.1) is 9.80 Å². The summed E-state index contributed by atoms with van der Waals surface area (Å²) in [6.45, 7) is 2.64. The average molecular weight is 228 g/mol. The summed E-state index contributed by atoms with van der Waals surface area (Å²) in [5.41, 5.74) is 0. The topological polar surface area (TPSA) is 72.2 Å². The SMILES string of the molecule is CCCCNC(=O)c1ccc([N+](=O)[O-])s1. The molecule has 0 aliphatic heterocycles. The van der Waals surface area contributed by atoms with E-state index in [9.17, 15) is 14.9 Å². The zero-order valence-electron chi connectivity index (χ0n) is 8.36. The molecule has 0 saturated carbocycles. The summed E-state index contributed by atoms with van der Waals surface area (Å²) >= 11 is 0.896. The quantitative estimate of drug-likeness (QED) is 0.477. The zero-order chi connectivity index (χ0) is 11.3. The molecule has 5 nitrogen and oxygen atoms in total. The Morgan fingerprint density at radius 1 is 1.60 bits per heavy atom. The molecular weight excluding hydrogens is 216 g/mol. The highest BCUT2D eigenvalue weighted by Crippen LogP contribution is 2.23. The lowest BCUT2D eigenvalue weighted by Gasteiger charge is -2.00. The normalized spacial score (nSPS) is 9.93. The van der Waals surface area contributed by atoms with Gasteiger partial charge in [-0.25, -0.2) is 0 Å². The van der Waals surface area contributed by atoms with Crippen molar-refractivity contribution in [3.63, 3.8) is 0 Å². The number of thiophene rings is 1. The summed E-state index contributed by atoms with van der Waals surface area (Å²) in [7, 11) is 0. The van der Waals surface area contributed by atoms with Gasteiger partial charge in [0.25, 0.3) is 5.91 Å². The third kappa shape index (κ3) is 3.32. The number of hydrogen-bond donors (Lipinski definition) is 1. The first-order valence-corrected chi connectivity index (χ1v) is 5.49. The van der Waals surface area contributed by atoms with Crippen molar-refractivity contribution in [1.82, 2.24) is 5.32 Å². The van der Waals surface area contributed by atoms with Crippen LogP contribution in [0.1, 0.15) is 29.4 Å². The fourth-order valence-corrected chi connectivity index (χ4v) is 1.75. The molecule has 1 rings (SSSR count). The Hall–Kier alpha value is -1.43. The fraction of sp³-hybridized carbons (Fsp3) is 0.444. The van der Waals surface area contributed by atoms with Gasteiger partial charge in [0.15, 0.2) is 0 Å². The second-order valence-electron chi connectivity index (χ2n) is 3.00. The Kier molecular flexibility index (Phi) is 4.23. The number of rotatable bonds is 5. The number of hydrogen-bond acceptors (Lipinski definition) is 4. The van der Waals surface area contributed by atoms with Crippen molar-refractivity contribution in [3.8, 4) is 0 Å². The molecule has 82 valence electrons. The number of nitro groups is 1. The third-order valence-electron chi connectivity index (χ3n) is 1.81. The van der Waals surface area contributed by atoms with Crippen LogP contribution >= 0.6 is 11.3 Å². The first kappa shape index (κ1) is 11.6. The van der Waals surface area contributed by atoms with Crippen molar-refractivity contribution in [2.45, 2.75) is 19.8 Å². The summed E-state index contributed by atoms with van der Waals surface area (Å²) in [5.74, 6) is -0.235. The Balaban J connectivity index is 2.54. The first-order valence-electron chi connectivity index (χ1n) is 4.67. The number of nitrogens with one attached hydrogen (secondary N) is 1. The lowest BCUT2D eigenvalue weighted by molar-refractivity contribution is -0.380. The third-order valence-corrected chi connectivity index (χ3v) is 2.85. The van der Waals surface area contributed by atoms with E-state index in [0.717, 1.165) is 24.2 Å². The van der Waals surface area contributed by atoms with Gasteiger partial charge >= 0.3 is 5.00 Å². The van der Waals surface area contributed by atoms with E-state index in [0.29, 0.717) is 11.4 Å². The van der Waals surface area contributed by atoms with Crippen molar-refractivity contribution in [2.24, 2.45) is 0 Å². The number of unbranched alkanes of at least 4 members (excludes halogenated alkanes) is 1. The van der Waals surface area contributed by atoms with Crippen LogP contribution in [0.15, 0.2) is 12.1 Å². The standard InChI is InChI=1S/C9H12N2O3S/c1-2-3-6-10-9(12)7-4-5-8(15-7)11(13)14/h4-5H,2-3,6H2,1H3,(H,10,12). The Labute approximate surface area is 91.3 Å². The van der Waals surface area contributed by atoms with Crippen molar-refractivity contribution < 1.29 is 9.72 Å². The number of amides is 1. The van der Waals surface area contributed by atoms with Gasteiger partial charge in [-0.1, -0.05) is 24.7 Å². The minimum absolute atomic E-state index is 0.00404. The van der Waals surface area contributed by atoms with E-state index < -0.39 is 4.92 Å². The summed E-state index contributed by atoms with van der Waals surface area (Å²) in [4.78, 5) is 21.7. The van der Waals surface area contributed by atoms with Gasteiger partial charge in [0.2, 0.25) is 0 Å². The first-order chi connectivity index (χ1) is 7.15. The van der Waals surface area contributed by atoms with E-state index in [-0.39, 0.29) is 10.9 Å². The molecule has 6 heteroatoms. The maximum atomic E-state index is 11.4. The highest BCUT2D eigenvalue weighted by molar-refractivity contribution is 7.17. The predicted octanol–water partition coefficient (Wildman–Crippen LogP) is 2.19. The molecule has 1 aromatic heterocycles. The van der Waals surface area contributed by atoms with E-state index in [1.165, 1.54) is 12.1 Å². The van der Waals surface area contributed by atoms with Gasteiger partial charge in [0, 0.05) is 12.6 Å². The van der Waals surface area contributed by atoms with Gasteiger partial charge in [-0.05, 0) is 12.5 Å². The lowest BCUT2D eigenvalue weighted by Crippen LogP contribution is -2.23. The molecule has 1 N–H and O–H groups in total. The van der Waals surface area contributed by atoms with Crippen molar-refractivity contribution >= 4 is 22.2 Å². The predicted molar refractivity (Wildman–Crippen MR) is 58.2 cm³/mol. The maximum absolute atomic E-state index is 11.4. The highest BCUT2D eigenvalue weighted by atomic mass is 32.1. The van der Waals surface area contributed by atoms with Crippen LogP contribution in [0.5, 0.6) is 0 Å². The Morgan fingerprint density at radius 3 is 2.87 bits per heavy atom. The van der Waals surface area contributed by atoms with Crippen LogP contribution in [-0.2, 0) is 0 Å². The molecule has 0 atom stereocenters. The molecule has 0 radical (unpaired) electrons. The second kappa shape index (κ2) is 5.45. The zero-order valence-corrected chi connectivity index (χ0v) is 9.17. The summed E-state index contributed by atoms with van der Waals surface area (Å²) in [6.07, 6.45) is 1.92. The van der Waals surface area contributed by atoms with Gasteiger partial charge in [0.1, 0.15) is 0 Å². The van der Waals surface area contributed by atoms with Crippen molar-refractivity contribution in [1.29, 1.82) is 0 Å². The van der Waals surface area contributed by atoms with Gasteiger partial charge in [-0.3, -0.25) is 14.9 Å². The molecule has 0 aliphatic carbocycles. The van der Waals surface area contributed by atoms with E-state index in [1.807, 2.05) is 6.92 Å². The molecule has 0 aromatic carbocycles. The van der Waals surface area contributed by atoms with Crippen molar-refractivity contribution in [3.05, 3.63) is 27.1 Å². The largest absolute Gasteiger partial charge is 0.351 e. The van der Waals surface area contributed by atoms with E-state index in [2.05, 4.69) is 5.32 Å². The second-order valence-corrected chi connectivity index (χ2v) is 4.07. The maximum Gasteiger partial charge on any atom is 0.324 e. The Bertz CT molecular complexity index is 362. The van der Waals surface area contributed by atoms with Crippen LogP contribution in [-0.4, -0.2) is 17.4 Å². The molecule has 0 bridgehead atoms. The summed E-state index contributed by atoms with van der Waals surface area (Å²) < 4.78 is 0. The Morgan fingerprint density at radius 2 is 2.33 bits per heavy atom. The molecular formula is C9H12N2O3S. The number of carbonyl (C=O) groups is 1. The molecule has 0 unspecified atom stereocenters. The van der Waals surface area contributed by atoms with Gasteiger partial charge in [-0.15, -0.1) is 0 Å². The molecule has 0 spiro atoms. The van der Waals surface area contributed by atoms with Crippen LogP contribution in [0.3, 0.4) is 0 Å². The molecule has 15 heavy (non-hydrogen) atoms. The minimum Gasteiger partial charge on any atom is -0.351 e. The van der Waals surface area contributed by atoms with Crippen LogP contribution in [0.4, 0.5) is 5.00 Å². The fourth-order valence-electron chi connectivity index (χ4n) is 1.01. The van der Waals surface area contributed by atoms with Gasteiger partial charge < -0.3 is 5.32 Å². The average Bonchev–Trinajstić information content (AvgIpc) is 2.66. The van der Waals surface area contributed by atoms with E-state index in [1.54, 1.807) is 0 Å². The minimum atomic E-state index is -0.493. The van der Waals surface area contributed by atoms with Crippen LogP contribution in [0.25, 0.3) is 0 Å². The van der Waals surface area contributed by atoms with Crippen LogP contribution < -0.4 is 5.32 Å². The summed E-state index contributed by atoms with van der Waals surface area (Å²) in [5, 5.41) is 13.1. The van der Waals surface area contributed by atoms with Gasteiger partial charge in [-0.2, -0.15) is 0 Å². The molecule has 0 fully saturated rings. The molecule has 1 amide bonds. The monoisotopic (exact) mass is 228 g/mol. The molecule has 0 aliphatic rings. The highest BCUT2D eigenvalue weighted by Gasteiger charge is 2.14. The molecule has 1 aromatic rings. The van der Waals surface area contributed by atoms with E-state index >= 15 is 0 Å². The summed E-state index contributed by atoms with van der Waals surface area (Å²) in [6, 6.07) is 2.82. The van der Waals surface area contributed by atoms with Crippen LogP contribution in [0, 0.1) is 10.1 Å².